The van der Waals surface area contributed by atoms with E-state index in [1.54, 1.807) is 18.7 Å². The second-order valence-electron chi connectivity index (χ2n) is 8.24. The SMILES string of the molecule is CCOc1cc2c(cc1OCC)CN(C(=O)[C@@H](NC(=O)c1c(F)cccc1F)C(C)C)CC2. The number of nitrogens with one attached hydrogen (secondary N) is 1. The lowest BCUT2D eigenvalue weighted by molar-refractivity contribution is -0.135. The molecule has 8 heteroatoms. The summed E-state index contributed by atoms with van der Waals surface area (Å²) in [6, 6.07) is 6.13. The van der Waals surface area contributed by atoms with E-state index in [2.05, 4.69) is 5.32 Å². The first kappa shape index (κ1) is 24.5. The van der Waals surface area contributed by atoms with Gasteiger partial charge < -0.3 is 19.7 Å². The number of carbonyl (C=O) groups excluding carboxylic acids is 2. The van der Waals surface area contributed by atoms with Crippen LogP contribution in [0, 0.1) is 17.6 Å². The van der Waals surface area contributed by atoms with Crippen LogP contribution in [-0.2, 0) is 17.8 Å². The third-order valence-corrected chi connectivity index (χ3v) is 5.60. The van der Waals surface area contributed by atoms with E-state index in [0.29, 0.717) is 44.2 Å². The highest BCUT2D eigenvalue weighted by Crippen LogP contribution is 2.34. The maximum atomic E-state index is 14.0. The molecule has 33 heavy (non-hydrogen) atoms. The Kier molecular flexibility index (Phi) is 7.89. The number of halogens is 2. The molecule has 0 fully saturated rings. The lowest BCUT2D eigenvalue weighted by atomic mass is 9.96. The van der Waals surface area contributed by atoms with E-state index in [1.165, 1.54) is 6.07 Å². The number of hydrogen-bond acceptors (Lipinski definition) is 4. The smallest absolute Gasteiger partial charge is 0.257 e. The minimum Gasteiger partial charge on any atom is -0.490 e. The van der Waals surface area contributed by atoms with E-state index in [0.717, 1.165) is 23.3 Å². The monoisotopic (exact) mass is 460 g/mol. The van der Waals surface area contributed by atoms with E-state index in [9.17, 15) is 18.4 Å². The van der Waals surface area contributed by atoms with E-state index in [1.807, 2.05) is 26.0 Å². The largest absolute Gasteiger partial charge is 0.490 e. The predicted octanol–water partition coefficient (Wildman–Crippen LogP) is 4.10. The molecule has 0 aliphatic carbocycles. The Balaban J connectivity index is 1.80. The number of rotatable bonds is 8. The molecule has 1 heterocycles. The third kappa shape index (κ3) is 5.43. The second kappa shape index (κ2) is 10.6. The van der Waals surface area contributed by atoms with Gasteiger partial charge in [-0.3, -0.25) is 9.59 Å². The summed E-state index contributed by atoms with van der Waals surface area (Å²) in [5.41, 5.74) is 1.32. The number of hydrogen-bond donors (Lipinski definition) is 1. The van der Waals surface area contributed by atoms with Crippen molar-refractivity contribution in [2.75, 3.05) is 19.8 Å². The van der Waals surface area contributed by atoms with Gasteiger partial charge in [-0.05, 0) is 61.6 Å². The summed E-state index contributed by atoms with van der Waals surface area (Å²) < 4.78 is 39.5. The highest BCUT2D eigenvalue weighted by atomic mass is 19.1. The van der Waals surface area contributed by atoms with Crippen molar-refractivity contribution < 1.29 is 27.8 Å². The van der Waals surface area contributed by atoms with Gasteiger partial charge in [-0.2, -0.15) is 0 Å². The number of benzene rings is 2. The summed E-state index contributed by atoms with van der Waals surface area (Å²) in [7, 11) is 0. The fraction of sp³-hybridized carbons (Fsp3) is 0.440. The van der Waals surface area contributed by atoms with Crippen molar-refractivity contribution in [3.8, 4) is 11.5 Å². The highest BCUT2D eigenvalue weighted by Gasteiger charge is 2.32. The van der Waals surface area contributed by atoms with E-state index < -0.39 is 29.1 Å². The van der Waals surface area contributed by atoms with Gasteiger partial charge in [0.2, 0.25) is 5.91 Å². The fourth-order valence-corrected chi connectivity index (χ4v) is 3.93. The molecule has 1 aliphatic heterocycles. The molecule has 0 bridgehead atoms. The second-order valence-corrected chi connectivity index (χ2v) is 8.24. The van der Waals surface area contributed by atoms with Gasteiger partial charge in [-0.15, -0.1) is 0 Å². The molecule has 0 aromatic heterocycles. The molecule has 0 saturated carbocycles. The summed E-state index contributed by atoms with van der Waals surface area (Å²) in [5, 5.41) is 2.54. The Labute approximate surface area is 192 Å². The standard InChI is InChI=1S/C25H30F2N2O4/c1-5-32-20-12-16-10-11-29(14-17(16)13-21(20)33-6-2)25(31)23(15(3)4)28-24(30)22-18(26)8-7-9-19(22)27/h7-9,12-13,15,23H,5-6,10-11,14H2,1-4H3,(H,28,30)/t23-/m0/s1. The van der Waals surface area contributed by atoms with Gasteiger partial charge in [-0.25, -0.2) is 8.78 Å². The lowest BCUT2D eigenvalue weighted by Crippen LogP contribution is -2.52. The zero-order valence-electron chi connectivity index (χ0n) is 19.4. The first-order chi connectivity index (χ1) is 15.8. The first-order valence-corrected chi connectivity index (χ1v) is 11.2. The number of nitrogens with zero attached hydrogens (tertiary/aromatic N) is 1. The fourth-order valence-electron chi connectivity index (χ4n) is 3.93. The van der Waals surface area contributed by atoms with Crippen LogP contribution in [0.4, 0.5) is 8.78 Å². The van der Waals surface area contributed by atoms with Crippen LogP contribution in [0.1, 0.15) is 49.2 Å². The Hall–Kier alpha value is -3.16. The lowest BCUT2D eigenvalue weighted by Gasteiger charge is -2.34. The van der Waals surface area contributed by atoms with E-state index >= 15 is 0 Å². The van der Waals surface area contributed by atoms with Crippen LogP contribution in [0.25, 0.3) is 0 Å². The van der Waals surface area contributed by atoms with Crippen LogP contribution >= 0.6 is 0 Å². The molecule has 0 spiro atoms. The maximum absolute atomic E-state index is 14.0. The summed E-state index contributed by atoms with van der Waals surface area (Å²) >= 11 is 0. The van der Waals surface area contributed by atoms with Gasteiger partial charge >= 0.3 is 0 Å². The van der Waals surface area contributed by atoms with Gasteiger partial charge in [0, 0.05) is 13.1 Å². The van der Waals surface area contributed by atoms with Gasteiger partial charge in [0.1, 0.15) is 23.2 Å². The van der Waals surface area contributed by atoms with E-state index in [4.69, 9.17) is 9.47 Å². The molecule has 6 nitrogen and oxygen atoms in total. The molecule has 1 atom stereocenters. The third-order valence-electron chi connectivity index (χ3n) is 5.60. The molecule has 3 rings (SSSR count). The number of carbonyl (C=O) groups is 2. The van der Waals surface area contributed by atoms with Crippen molar-refractivity contribution in [1.82, 2.24) is 10.2 Å². The predicted molar refractivity (Wildman–Crippen MR) is 120 cm³/mol. The van der Waals surface area contributed by atoms with Crippen LogP contribution < -0.4 is 14.8 Å². The first-order valence-electron chi connectivity index (χ1n) is 11.2. The van der Waals surface area contributed by atoms with Crippen LogP contribution in [0.5, 0.6) is 11.5 Å². The van der Waals surface area contributed by atoms with Crippen LogP contribution in [0.2, 0.25) is 0 Å². The van der Waals surface area contributed by atoms with Gasteiger partial charge in [0.25, 0.3) is 5.91 Å². The Morgan fingerprint density at radius 3 is 2.15 bits per heavy atom. The summed E-state index contributed by atoms with van der Waals surface area (Å²) in [6.45, 7) is 9.15. The maximum Gasteiger partial charge on any atom is 0.257 e. The zero-order valence-corrected chi connectivity index (χ0v) is 19.4. The Morgan fingerprint density at radius 1 is 1.03 bits per heavy atom. The normalized spacial score (nSPS) is 14.0. The van der Waals surface area contributed by atoms with Crippen molar-refractivity contribution in [3.05, 3.63) is 58.7 Å². The molecule has 2 amide bonds. The molecular formula is C25H30F2N2O4. The number of amides is 2. The highest BCUT2D eigenvalue weighted by molar-refractivity contribution is 5.98. The van der Waals surface area contributed by atoms with Crippen LogP contribution in [0.15, 0.2) is 30.3 Å². The molecule has 1 aliphatic rings. The molecule has 2 aromatic carbocycles. The molecular weight excluding hydrogens is 430 g/mol. The Bertz CT molecular complexity index is 1010. The Morgan fingerprint density at radius 2 is 1.61 bits per heavy atom. The average Bonchev–Trinajstić information content (AvgIpc) is 2.77. The van der Waals surface area contributed by atoms with Crippen LogP contribution in [-0.4, -0.2) is 42.5 Å². The molecule has 0 unspecified atom stereocenters. The summed E-state index contributed by atoms with van der Waals surface area (Å²) in [4.78, 5) is 27.6. The summed E-state index contributed by atoms with van der Waals surface area (Å²) in [5.74, 6) is -2.17. The van der Waals surface area contributed by atoms with Gasteiger partial charge in [0.15, 0.2) is 11.5 Å². The van der Waals surface area contributed by atoms with Gasteiger partial charge in [0.05, 0.1) is 13.2 Å². The minimum atomic E-state index is -0.970. The molecule has 2 aromatic rings. The van der Waals surface area contributed by atoms with E-state index in [-0.39, 0.29) is 11.8 Å². The number of ether oxygens (including phenoxy) is 2. The van der Waals surface area contributed by atoms with Crippen molar-refractivity contribution in [3.63, 3.8) is 0 Å². The quantitative estimate of drug-likeness (QED) is 0.644. The van der Waals surface area contributed by atoms with Crippen molar-refractivity contribution >= 4 is 11.8 Å². The van der Waals surface area contributed by atoms with Gasteiger partial charge in [-0.1, -0.05) is 19.9 Å². The molecule has 1 N–H and O–H groups in total. The van der Waals surface area contributed by atoms with Crippen LogP contribution in [0.3, 0.4) is 0 Å². The number of fused-ring (bicyclic) bond motifs is 1. The van der Waals surface area contributed by atoms with Crippen molar-refractivity contribution in [2.45, 2.75) is 46.7 Å². The molecule has 178 valence electrons. The minimum absolute atomic E-state index is 0.281. The van der Waals surface area contributed by atoms with Crippen molar-refractivity contribution in [2.24, 2.45) is 5.92 Å². The summed E-state index contributed by atoms with van der Waals surface area (Å²) in [6.07, 6.45) is 0.619. The average molecular weight is 461 g/mol. The zero-order chi connectivity index (χ0) is 24.1. The molecule has 0 radical (unpaired) electrons. The topological polar surface area (TPSA) is 67.9 Å². The van der Waals surface area contributed by atoms with Crippen molar-refractivity contribution in [1.29, 1.82) is 0 Å². The molecule has 0 saturated heterocycles.